The molecule has 3 nitrogen and oxygen atoms in total. The summed E-state index contributed by atoms with van der Waals surface area (Å²) in [5, 5.41) is 0.940. The molecule has 0 spiro atoms. The number of nitrogens with zero attached hydrogens (tertiary/aromatic N) is 1. The molecule has 0 bridgehead atoms. The fourth-order valence-corrected chi connectivity index (χ4v) is 2.49. The third-order valence-electron chi connectivity index (χ3n) is 2.27. The minimum Gasteiger partial charge on any atom is -0.296 e. The normalized spacial score (nSPS) is 10.5. The van der Waals surface area contributed by atoms with Gasteiger partial charge in [-0.1, -0.05) is 18.2 Å². The molecular weight excluding hydrogens is 305 g/mol. The first-order valence-corrected chi connectivity index (χ1v) is 5.49. The van der Waals surface area contributed by atoms with Crippen molar-refractivity contribution in [2.24, 2.45) is 0 Å². The van der Waals surface area contributed by atoms with Crippen LogP contribution in [0.15, 0.2) is 24.3 Å². The molecule has 1 aromatic heterocycles. The third kappa shape index (κ3) is 1.49. The van der Waals surface area contributed by atoms with E-state index in [1.807, 2.05) is 24.3 Å². The Kier molecular flexibility index (Phi) is 2.60. The molecule has 0 aliphatic rings. The molecule has 0 aliphatic heterocycles. The van der Waals surface area contributed by atoms with E-state index >= 15 is 0 Å². The summed E-state index contributed by atoms with van der Waals surface area (Å²) in [7, 11) is 0. The lowest BCUT2D eigenvalue weighted by Crippen LogP contribution is -2.09. The second-order valence-electron chi connectivity index (χ2n) is 3.19. The van der Waals surface area contributed by atoms with E-state index < -0.39 is 0 Å². The van der Waals surface area contributed by atoms with Gasteiger partial charge in [0.05, 0.1) is 5.52 Å². The molecule has 1 heterocycles. The fourth-order valence-electron chi connectivity index (χ4n) is 1.66. The van der Waals surface area contributed by atoms with Crippen molar-refractivity contribution in [3.05, 3.63) is 33.5 Å². The number of fused-ring (bicyclic) bond motifs is 1. The first-order chi connectivity index (χ1) is 7.16. The van der Waals surface area contributed by atoms with Crippen molar-refractivity contribution in [2.75, 3.05) is 0 Å². The van der Waals surface area contributed by atoms with Gasteiger partial charge in [-0.15, -0.1) is 0 Å². The lowest BCUT2D eigenvalue weighted by molar-refractivity contribution is 0.0929. The van der Waals surface area contributed by atoms with Crippen LogP contribution in [0.25, 0.3) is 10.9 Å². The first-order valence-electron chi connectivity index (χ1n) is 4.42. The molecule has 2 rings (SSSR count). The number of halogens is 1. The van der Waals surface area contributed by atoms with Gasteiger partial charge in [0.25, 0.3) is 0 Å². The van der Waals surface area contributed by atoms with E-state index in [9.17, 15) is 9.59 Å². The van der Waals surface area contributed by atoms with Gasteiger partial charge in [-0.2, -0.15) is 0 Å². The van der Waals surface area contributed by atoms with E-state index in [1.165, 1.54) is 11.5 Å². The molecule has 0 aliphatic carbocycles. The monoisotopic (exact) mass is 313 g/mol. The highest BCUT2D eigenvalue weighted by molar-refractivity contribution is 14.1. The van der Waals surface area contributed by atoms with Crippen LogP contribution < -0.4 is 0 Å². The number of para-hydroxylation sites is 1. The van der Waals surface area contributed by atoms with Gasteiger partial charge in [0.15, 0.2) is 6.29 Å². The van der Waals surface area contributed by atoms with E-state index in [2.05, 4.69) is 22.6 Å². The standard InChI is InChI=1S/C11H8INO2/c1-7(15)13-9-5-3-2-4-8(9)11(12)10(13)6-14/h2-6H,1H3. The molecule has 0 fully saturated rings. The summed E-state index contributed by atoms with van der Waals surface area (Å²) in [5.74, 6) is -0.142. The van der Waals surface area contributed by atoms with Gasteiger partial charge >= 0.3 is 0 Å². The van der Waals surface area contributed by atoms with Crippen LogP contribution in [0.3, 0.4) is 0 Å². The zero-order valence-corrected chi connectivity index (χ0v) is 10.2. The van der Waals surface area contributed by atoms with Crippen LogP contribution in [0.2, 0.25) is 0 Å². The van der Waals surface area contributed by atoms with Gasteiger partial charge in [-0.25, -0.2) is 0 Å². The minimum absolute atomic E-state index is 0.142. The van der Waals surface area contributed by atoms with E-state index in [0.29, 0.717) is 5.69 Å². The summed E-state index contributed by atoms with van der Waals surface area (Å²) in [4.78, 5) is 22.4. The molecule has 0 saturated carbocycles. The fraction of sp³-hybridized carbons (Fsp3) is 0.0909. The Bertz CT molecular complexity index is 557. The van der Waals surface area contributed by atoms with Crippen molar-refractivity contribution in [2.45, 2.75) is 6.92 Å². The lowest BCUT2D eigenvalue weighted by Gasteiger charge is -2.00. The number of aldehydes is 1. The van der Waals surface area contributed by atoms with Crippen molar-refractivity contribution in [1.29, 1.82) is 0 Å². The van der Waals surface area contributed by atoms with E-state index in [0.717, 1.165) is 20.8 Å². The van der Waals surface area contributed by atoms with Crippen LogP contribution in [-0.2, 0) is 0 Å². The zero-order chi connectivity index (χ0) is 11.0. The molecular formula is C11H8INO2. The summed E-state index contributed by atoms with van der Waals surface area (Å²) < 4.78 is 2.28. The van der Waals surface area contributed by atoms with Gasteiger partial charge in [0.2, 0.25) is 5.91 Å². The van der Waals surface area contributed by atoms with E-state index in [-0.39, 0.29) is 5.91 Å². The number of rotatable bonds is 1. The number of carbonyl (C=O) groups is 2. The Morgan fingerprint density at radius 1 is 1.40 bits per heavy atom. The average molecular weight is 313 g/mol. The molecule has 15 heavy (non-hydrogen) atoms. The van der Waals surface area contributed by atoms with Gasteiger partial charge in [-0.05, 0) is 28.7 Å². The summed E-state index contributed by atoms with van der Waals surface area (Å²) in [6.45, 7) is 1.45. The largest absolute Gasteiger partial charge is 0.296 e. The maximum absolute atomic E-state index is 11.5. The molecule has 0 N–H and O–H groups in total. The quantitative estimate of drug-likeness (QED) is 0.600. The van der Waals surface area contributed by atoms with Gasteiger partial charge in [-0.3, -0.25) is 14.2 Å². The summed E-state index contributed by atoms with van der Waals surface area (Å²) in [6, 6.07) is 7.49. The number of hydrogen-bond acceptors (Lipinski definition) is 2. The molecule has 0 unspecified atom stereocenters. The molecule has 0 radical (unpaired) electrons. The Balaban J connectivity index is 2.97. The molecule has 0 amide bonds. The van der Waals surface area contributed by atoms with Crippen LogP contribution in [0.5, 0.6) is 0 Å². The second-order valence-corrected chi connectivity index (χ2v) is 4.27. The number of aromatic nitrogens is 1. The number of benzene rings is 1. The van der Waals surface area contributed by atoms with Crippen molar-refractivity contribution in [1.82, 2.24) is 4.57 Å². The minimum atomic E-state index is -0.142. The second kappa shape index (κ2) is 3.77. The SMILES string of the molecule is CC(=O)n1c(C=O)c(I)c2ccccc21. The highest BCUT2D eigenvalue weighted by Gasteiger charge is 2.16. The summed E-state index contributed by atoms with van der Waals surface area (Å²) in [6.07, 6.45) is 0.725. The van der Waals surface area contributed by atoms with Crippen molar-refractivity contribution in [3.63, 3.8) is 0 Å². The predicted molar refractivity (Wildman–Crippen MR) is 66.3 cm³/mol. The highest BCUT2D eigenvalue weighted by atomic mass is 127. The molecule has 1 aromatic carbocycles. The number of hydrogen-bond donors (Lipinski definition) is 0. The van der Waals surface area contributed by atoms with Crippen LogP contribution in [0.4, 0.5) is 0 Å². The van der Waals surface area contributed by atoms with Gasteiger partial charge < -0.3 is 0 Å². The third-order valence-corrected chi connectivity index (χ3v) is 3.41. The molecule has 2 aromatic rings. The smallest absolute Gasteiger partial charge is 0.228 e. The van der Waals surface area contributed by atoms with E-state index in [1.54, 1.807) is 0 Å². The topological polar surface area (TPSA) is 39.1 Å². The van der Waals surface area contributed by atoms with Crippen LogP contribution >= 0.6 is 22.6 Å². The Morgan fingerprint density at radius 3 is 2.67 bits per heavy atom. The van der Waals surface area contributed by atoms with Crippen LogP contribution in [0, 0.1) is 3.57 Å². The van der Waals surface area contributed by atoms with Gasteiger partial charge in [0.1, 0.15) is 5.69 Å². The predicted octanol–water partition coefficient (Wildman–Crippen LogP) is 2.72. The Morgan fingerprint density at radius 2 is 2.07 bits per heavy atom. The van der Waals surface area contributed by atoms with Crippen LogP contribution in [0.1, 0.15) is 22.2 Å². The highest BCUT2D eigenvalue weighted by Crippen LogP contribution is 2.26. The van der Waals surface area contributed by atoms with Crippen molar-refractivity contribution >= 4 is 45.7 Å². The maximum Gasteiger partial charge on any atom is 0.228 e. The Labute approximate surface area is 100 Å². The molecule has 0 saturated heterocycles. The number of carbonyl (C=O) groups excluding carboxylic acids is 2. The molecule has 4 heteroatoms. The average Bonchev–Trinajstić information content (AvgIpc) is 2.52. The molecule has 0 atom stereocenters. The molecule has 76 valence electrons. The van der Waals surface area contributed by atoms with Gasteiger partial charge in [0, 0.05) is 15.9 Å². The summed E-state index contributed by atoms with van der Waals surface area (Å²) >= 11 is 2.09. The Hall–Kier alpha value is -1.17. The van der Waals surface area contributed by atoms with Crippen molar-refractivity contribution in [3.8, 4) is 0 Å². The zero-order valence-electron chi connectivity index (χ0n) is 8.03. The van der Waals surface area contributed by atoms with Crippen LogP contribution in [-0.4, -0.2) is 16.8 Å². The van der Waals surface area contributed by atoms with E-state index in [4.69, 9.17) is 0 Å². The maximum atomic E-state index is 11.5. The van der Waals surface area contributed by atoms with Crippen molar-refractivity contribution < 1.29 is 9.59 Å². The lowest BCUT2D eigenvalue weighted by atomic mass is 10.2. The first kappa shape index (κ1) is 10.4. The summed E-state index contributed by atoms with van der Waals surface area (Å²) in [5.41, 5.74) is 1.22.